The van der Waals surface area contributed by atoms with E-state index in [0.717, 1.165) is 5.56 Å². The van der Waals surface area contributed by atoms with Crippen LogP contribution in [0.5, 0.6) is 0 Å². The van der Waals surface area contributed by atoms with E-state index in [1.54, 1.807) is 0 Å². The fourth-order valence-corrected chi connectivity index (χ4v) is 1.57. The van der Waals surface area contributed by atoms with Gasteiger partial charge in [0.25, 0.3) is 0 Å². The second-order valence-electron chi connectivity index (χ2n) is 3.90. The van der Waals surface area contributed by atoms with Crippen molar-refractivity contribution >= 4 is 12.1 Å². The summed E-state index contributed by atoms with van der Waals surface area (Å²) in [6.07, 6.45) is -1.62. The van der Waals surface area contributed by atoms with Crippen molar-refractivity contribution < 1.29 is 24.2 Å². The Labute approximate surface area is 104 Å². The first kappa shape index (κ1) is 12.4. The van der Waals surface area contributed by atoms with E-state index in [1.165, 1.54) is 0 Å². The van der Waals surface area contributed by atoms with Crippen molar-refractivity contribution in [2.75, 3.05) is 6.61 Å². The van der Waals surface area contributed by atoms with Crippen LogP contribution in [-0.2, 0) is 20.9 Å². The van der Waals surface area contributed by atoms with Crippen LogP contribution in [0.1, 0.15) is 5.56 Å². The van der Waals surface area contributed by atoms with Crippen LogP contribution in [0.15, 0.2) is 30.3 Å². The second-order valence-corrected chi connectivity index (χ2v) is 3.90. The predicted molar refractivity (Wildman–Crippen MR) is 60.9 cm³/mol. The highest BCUT2D eigenvalue weighted by molar-refractivity contribution is 5.76. The molecular formula is C12H13NO5. The molecule has 2 N–H and O–H groups in total. The van der Waals surface area contributed by atoms with Crippen LogP contribution in [0.25, 0.3) is 0 Å². The average Bonchev–Trinajstić information content (AvgIpc) is 2.32. The van der Waals surface area contributed by atoms with Gasteiger partial charge in [0.2, 0.25) is 0 Å². The van der Waals surface area contributed by atoms with E-state index in [-0.39, 0.29) is 13.2 Å². The zero-order valence-corrected chi connectivity index (χ0v) is 9.54. The van der Waals surface area contributed by atoms with E-state index in [4.69, 9.17) is 14.6 Å². The van der Waals surface area contributed by atoms with Gasteiger partial charge in [-0.1, -0.05) is 30.3 Å². The van der Waals surface area contributed by atoms with Crippen LogP contribution in [0.4, 0.5) is 4.79 Å². The average molecular weight is 251 g/mol. The molecule has 1 aliphatic heterocycles. The Balaban J connectivity index is 1.74. The molecule has 0 unspecified atom stereocenters. The molecule has 6 heteroatoms. The number of ether oxygens (including phenoxy) is 2. The molecule has 0 spiro atoms. The smallest absolute Gasteiger partial charge is 0.407 e. The number of carbonyl (C=O) groups is 2. The molecule has 1 amide bonds. The number of alkyl carbamates (subject to hydrolysis) is 1. The van der Waals surface area contributed by atoms with Crippen molar-refractivity contribution in [1.82, 2.24) is 5.32 Å². The van der Waals surface area contributed by atoms with Crippen LogP contribution < -0.4 is 5.32 Å². The Morgan fingerprint density at radius 2 is 2.11 bits per heavy atom. The molecule has 6 nitrogen and oxygen atoms in total. The van der Waals surface area contributed by atoms with Crippen LogP contribution in [0.2, 0.25) is 0 Å². The normalized spacial score (nSPS) is 21.8. The van der Waals surface area contributed by atoms with Crippen LogP contribution in [-0.4, -0.2) is 35.9 Å². The van der Waals surface area contributed by atoms with Gasteiger partial charge in [-0.25, -0.2) is 9.59 Å². The Hall–Kier alpha value is -2.08. The topological polar surface area (TPSA) is 84.9 Å². The van der Waals surface area contributed by atoms with Gasteiger partial charge in [0.05, 0.1) is 12.6 Å². The van der Waals surface area contributed by atoms with Crippen molar-refractivity contribution in [3.05, 3.63) is 35.9 Å². The first-order chi connectivity index (χ1) is 8.66. The lowest BCUT2D eigenvalue weighted by Gasteiger charge is -2.33. The van der Waals surface area contributed by atoms with Gasteiger partial charge in [-0.2, -0.15) is 0 Å². The molecule has 0 bridgehead atoms. The maximum atomic E-state index is 11.4. The molecule has 1 aromatic carbocycles. The van der Waals surface area contributed by atoms with E-state index < -0.39 is 24.2 Å². The van der Waals surface area contributed by atoms with Gasteiger partial charge in [0.15, 0.2) is 6.10 Å². The molecular weight excluding hydrogens is 238 g/mol. The number of hydrogen-bond acceptors (Lipinski definition) is 4. The van der Waals surface area contributed by atoms with Crippen molar-refractivity contribution in [1.29, 1.82) is 0 Å². The summed E-state index contributed by atoms with van der Waals surface area (Å²) in [4.78, 5) is 22.0. The van der Waals surface area contributed by atoms with E-state index in [1.807, 2.05) is 30.3 Å². The molecule has 0 aromatic heterocycles. The molecule has 0 radical (unpaired) electrons. The number of aliphatic carboxylic acids is 1. The van der Waals surface area contributed by atoms with Crippen molar-refractivity contribution in [3.63, 3.8) is 0 Å². The van der Waals surface area contributed by atoms with Gasteiger partial charge in [0, 0.05) is 0 Å². The summed E-state index contributed by atoms with van der Waals surface area (Å²) >= 11 is 0. The third-order valence-corrected chi connectivity index (χ3v) is 2.58. The molecule has 2 atom stereocenters. The number of carboxylic acid groups (broad SMARTS) is 1. The minimum absolute atomic E-state index is 0.151. The molecule has 96 valence electrons. The summed E-state index contributed by atoms with van der Waals surface area (Å²) in [6, 6.07) is 8.70. The summed E-state index contributed by atoms with van der Waals surface area (Å²) in [5, 5.41) is 11.2. The molecule has 1 aliphatic rings. The SMILES string of the molecule is O=C(N[C@@H]1CO[C@H]1C(=O)O)OCc1ccccc1. The number of hydrogen-bond donors (Lipinski definition) is 2. The molecule has 0 aliphatic carbocycles. The monoisotopic (exact) mass is 251 g/mol. The lowest BCUT2D eigenvalue weighted by molar-refractivity contribution is -0.168. The standard InChI is InChI=1S/C12H13NO5/c14-11(15)10-9(7-17-10)13-12(16)18-6-8-4-2-1-3-5-8/h1-5,9-10H,6-7H2,(H,13,16)(H,14,15)/t9-,10-/m1/s1. The van der Waals surface area contributed by atoms with Crippen molar-refractivity contribution in [3.8, 4) is 0 Å². The Morgan fingerprint density at radius 3 is 2.67 bits per heavy atom. The van der Waals surface area contributed by atoms with Gasteiger partial charge in [-0.3, -0.25) is 0 Å². The number of carboxylic acids is 1. The van der Waals surface area contributed by atoms with Gasteiger partial charge in [-0.05, 0) is 5.56 Å². The molecule has 18 heavy (non-hydrogen) atoms. The fraction of sp³-hybridized carbons (Fsp3) is 0.333. The summed E-state index contributed by atoms with van der Waals surface area (Å²) in [5.74, 6) is -1.09. The number of nitrogens with one attached hydrogen (secondary N) is 1. The highest BCUT2D eigenvalue weighted by atomic mass is 16.6. The summed E-state index contributed by atoms with van der Waals surface area (Å²) < 4.78 is 9.76. The van der Waals surface area contributed by atoms with Crippen LogP contribution >= 0.6 is 0 Å². The van der Waals surface area contributed by atoms with E-state index in [0.29, 0.717) is 0 Å². The van der Waals surface area contributed by atoms with Gasteiger partial charge >= 0.3 is 12.1 Å². The molecule has 1 heterocycles. The van der Waals surface area contributed by atoms with Crippen molar-refractivity contribution in [2.24, 2.45) is 0 Å². The molecule has 2 rings (SSSR count). The Bertz CT molecular complexity index is 433. The summed E-state index contributed by atoms with van der Waals surface area (Å²) in [5.41, 5.74) is 0.868. The molecule has 0 saturated carbocycles. The highest BCUT2D eigenvalue weighted by Gasteiger charge is 2.39. The second kappa shape index (κ2) is 5.50. The highest BCUT2D eigenvalue weighted by Crippen LogP contribution is 2.13. The lowest BCUT2D eigenvalue weighted by atomic mass is 10.1. The third-order valence-electron chi connectivity index (χ3n) is 2.58. The lowest BCUT2D eigenvalue weighted by Crippen LogP contribution is -2.59. The number of benzene rings is 1. The largest absolute Gasteiger partial charge is 0.479 e. The quantitative estimate of drug-likeness (QED) is 0.825. The van der Waals surface area contributed by atoms with Gasteiger partial charge < -0.3 is 19.9 Å². The van der Waals surface area contributed by atoms with Crippen LogP contribution in [0, 0.1) is 0 Å². The van der Waals surface area contributed by atoms with Crippen LogP contribution in [0.3, 0.4) is 0 Å². The fourth-order valence-electron chi connectivity index (χ4n) is 1.57. The summed E-state index contributed by atoms with van der Waals surface area (Å²) in [7, 11) is 0. The maximum Gasteiger partial charge on any atom is 0.407 e. The Kier molecular flexibility index (Phi) is 3.78. The van der Waals surface area contributed by atoms with Gasteiger partial charge in [-0.15, -0.1) is 0 Å². The Morgan fingerprint density at radius 1 is 1.39 bits per heavy atom. The van der Waals surface area contributed by atoms with Crippen molar-refractivity contribution in [2.45, 2.75) is 18.8 Å². The molecule has 1 saturated heterocycles. The van der Waals surface area contributed by atoms with E-state index >= 15 is 0 Å². The van der Waals surface area contributed by atoms with E-state index in [2.05, 4.69) is 5.32 Å². The minimum Gasteiger partial charge on any atom is -0.479 e. The molecule has 1 aromatic rings. The number of amides is 1. The van der Waals surface area contributed by atoms with Gasteiger partial charge in [0.1, 0.15) is 6.61 Å². The minimum atomic E-state index is -1.09. The molecule has 1 fully saturated rings. The van der Waals surface area contributed by atoms with E-state index in [9.17, 15) is 9.59 Å². The zero-order chi connectivity index (χ0) is 13.0. The predicted octanol–water partition coefficient (Wildman–Crippen LogP) is 0.765. The number of carbonyl (C=O) groups excluding carboxylic acids is 1. The maximum absolute atomic E-state index is 11.4. The first-order valence-electron chi connectivity index (χ1n) is 5.48. The third kappa shape index (κ3) is 2.98. The summed E-state index contributed by atoms with van der Waals surface area (Å²) in [6.45, 7) is 0.343. The number of rotatable bonds is 4. The first-order valence-corrected chi connectivity index (χ1v) is 5.48. The zero-order valence-electron chi connectivity index (χ0n) is 9.54.